The molecule has 1 aromatic heterocycles. The molecule has 0 spiro atoms. The number of halogens is 3. The van der Waals surface area contributed by atoms with Crippen LogP contribution in [0.3, 0.4) is 0 Å². The van der Waals surface area contributed by atoms with Crippen LogP contribution in [0.4, 0.5) is 29.6 Å². The minimum Gasteiger partial charge on any atom is -0.497 e. The lowest BCUT2D eigenvalue weighted by molar-refractivity contribution is -0.167. The Hall–Kier alpha value is -5.00. The van der Waals surface area contributed by atoms with Crippen LogP contribution in [0.5, 0.6) is 5.75 Å². The van der Waals surface area contributed by atoms with Gasteiger partial charge < -0.3 is 19.7 Å². The smallest absolute Gasteiger partial charge is 0.425 e. The number of rotatable bonds is 6. The minimum atomic E-state index is -4.98. The van der Waals surface area contributed by atoms with Gasteiger partial charge >= 0.3 is 12.2 Å². The number of hydrogen-bond acceptors (Lipinski definition) is 8. The highest BCUT2D eigenvalue weighted by Gasteiger charge is 2.62. The molecule has 2 aliphatic rings. The molecule has 3 heterocycles. The largest absolute Gasteiger partial charge is 0.497 e. The quantitative estimate of drug-likeness (QED) is 0.254. The number of morpholine rings is 1. The van der Waals surface area contributed by atoms with E-state index in [0.29, 0.717) is 55.5 Å². The summed E-state index contributed by atoms with van der Waals surface area (Å²) in [6.07, 6.45) is -4.98. The number of ether oxygens (including phenoxy) is 2. The molecule has 1 unspecified atom stereocenters. The molecule has 3 aromatic carbocycles. The SMILES string of the molecule is COc1ccc(N2C(=O)NC(c3ccc(C)cc3)(C(F)(F)F)S/C2=C(\C#N)c2nnc(N3CCOCC3)n2-c2ccccc2)cc1. The van der Waals surface area contributed by atoms with Crippen LogP contribution in [0.2, 0.25) is 0 Å². The van der Waals surface area contributed by atoms with E-state index in [9.17, 15) is 10.1 Å². The molecule has 236 valence electrons. The summed E-state index contributed by atoms with van der Waals surface area (Å²) in [4.78, 5) is 14.0. The molecular weight excluding hydrogens is 619 g/mol. The summed E-state index contributed by atoms with van der Waals surface area (Å²) in [6.45, 7) is 3.61. The number of methoxy groups -OCH3 is 1. The predicted molar refractivity (Wildman–Crippen MR) is 167 cm³/mol. The molecule has 0 saturated carbocycles. The molecule has 0 aliphatic carbocycles. The number of allylic oxidation sites excluding steroid dienone is 1. The van der Waals surface area contributed by atoms with E-state index in [1.54, 1.807) is 60.0 Å². The average molecular weight is 648 g/mol. The zero-order valence-corrected chi connectivity index (χ0v) is 25.6. The Morgan fingerprint density at radius 2 is 1.67 bits per heavy atom. The number of benzene rings is 3. The number of aromatic nitrogens is 3. The Morgan fingerprint density at radius 3 is 2.28 bits per heavy atom. The third-order valence-electron chi connectivity index (χ3n) is 7.63. The van der Waals surface area contributed by atoms with E-state index in [-0.39, 0.29) is 27.7 Å². The molecule has 10 nitrogen and oxygen atoms in total. The van der Waals surface area contributed by atoms with Crippen molar-refractivity contribution < 1.29 is 27.4 Å². The van der Waals surface area contributed by atoms with E-state index in [2.05, 4.69) is 21.6 Å². The maximum absolute atomic E-state index is 15.3. The predicted octanol–water partition coefficient (Wildman–Crippen LogP) is 5.99. The third-order valence-corrected chi connectivity index (χ3v) is 9.09. The topological polar surface area (TPSA) is 109 Å². The minimum absolute atomic E-state index is 0.0223. The second-order valence-corrected chi connectivity index (χ2v) is 11.7. The number of para-hydroxylation sites is 1. The van der Waals surface area contributed by atoms with Gasteiger partial charge in [0, 0.05) is 13.1 Å². The zero-order chi connectivity index (χ0) is 32.5. The van der Waals surface area contributed by atoms with Crippen molar-refractivity contribution in [2.24, 2.45) is 0 Å². The van der Waals surface area contributed by atoms with Gasteiger partial charge in [0.1, 0.15) is 22.4 Å². The van der Waals surface area contributed by atoms with Gasteiger partial charge in [-0.25, -0.2) is 4.79 Å². The number of amides is 2. The van der Waals surface area contributed by atoms with Gasteiger partial charge in [-0.3, -0.25) is 9.47 Å². The maximum Gasteiger partial charge on any atom is 0.425 e. The molecule has 46 heavy (non-hydrogen) atoms. The summed E-state index contributed by atoms with van der Waals surface area (Å²) in [5.74, 6) is 0.841. The highest BCUT2D eigenvalue weighted by atomic mass is 32.2. The summed E-state index contributed by atoms with van der Waals surface area (Å²) < 4.78 is 58.2. The highest BCUT2D eigenvalue weighted by Crippen LogP contribution is 2.55. The van der Waals surface area contributed by atoms with Crippen LogP contribution in [0, 0.1) is 18.3 Å². The van der Waals surface area contributed by atoms with Crippen molar-refractivity contribution in [2.45, 2.75) is 18.0 Å². The highest BCUT2D eigenvalue weighted by molar-refractivity contribution is 8.04. The first kappa shape index (κ1) is 31.0. The number of carbonyl (C=O) groups is 1. The molecular formula is C32H28F3N7O3S. The number of thioether (sulfide) groups is 1. The molecule has 2 aliphatic heterocycles. The fourth-order valence-electron chi connectivity index (χ4n) is 5.27. The van der Waals surface area contributed by atoms with Crippen LogP contribution in [0.15, 0.2) is 83.9 Å². The Bertz CT molecular complexity index is 1800. The zero-order valence-electron chi connectivity index (χ0n) is 24.8. The van der Waals surface area contributed by atoms with Crippen LogP contribution in [0.1, 0.15) is 17.0 Å². The van der Waals surface area contributed by atoms with Crippen molar-refractivity contribution in [3.05, 3.63) is 101 Å². The molecule has 1 N–H and O–H groups in total. The normalized spacial score (nSPS) is 19.8. The lowest BCUT2D eigenvalue weighted by Crippen LogP contribution is -2.61. The van der Waals surface area contributed by atoms with Gasteiger partial charge in [-0.1, -0.05) is 59.8 Å². The Labute approximate surface area is 267 Å². The van der Waals surface area contributed by atoms with Crippen molar-refractivity contribution in [3.8, 4) is 17.5 Å². The molecule has 14 heteroatoms. The standard InChI is InChI=1S/C32H28F3N7O3S/c1-21-8-10-22(11-9-21)31(32(33,34)35)37-30(43)42(24-12-14-25(44-2)15-13-24)28(46-31)26(20-36)27-38-39-29(40-16-18-45-19-17-40)41(27)23-6-4-3-5-7-23/h3-15H,16-19H2,1-2H3,(H,37,43)/b28-26+. The van der Waals surface area contributed by atoms with Crippen molar-refractivity contribution in [1.29, 1.82) is 5.26 Å². The second-order valence-electron chi connectivity index (χ2n) is 10.5. The van der Waals surface area contributed by atoms with Gasteiger partial charge in [-0.2, -0.15) is 18.4 Å². The number of urea groups is 1. The summed E-state index contributed by atoms with van der Waals surface area (Å²) in [5.41, 5.74) is 1.07. The van der Waals surface area contributed by atoms with Crippen molar-refractivity contribution in [2.75, 3.05) is 43.2 Å². The number of alkyl halides is 3. The van der Waals surface area contributed by atoms with E-state index in [1.807, 2.05) is 11.0 Å². The van der Waals surface area contributed by atoms with Gasteiger partial charge in [-0.05, 0) is 48.9 Å². The first-order chi connectivity index (χ1) is 22.2. The van der Waals surface area contributed by atoms with Gasteiger partial charge in [0.2, 0.25) is 10.8 Å². The molecule has 2 saturated heterocycles. The van der Waals surface area contributed by atoms with E-state index < -0.39 is 17.1 Å². The summed E-state index contributed by atoms with van der Waals surface area (Å²) in [7, 11) is 1.47. The van der Waals surface area contributed by atoms with E-state index in [4.69, 9.17) is 9.47 Å². The molecule has 0 bridgehead atoms. The van der Waals surface area contributed by atoms with E-state index >= 15 is 13.2 Å². The average Bonchev–Trinajstić information content (AvgIpc) is 3.50. The van der Waals surface area contributed by atoms with Crippen LogP contribution in [-0.2, 0) is 9.61 Å². The fraction of sp³-hybridized carbons (Fsp3) is 0.250. The summed E-state index contributed by atoms with van der Waals surface area (Å²) in [5, 5.41) is 21.5. The van der Waals surface area contributed by atoms with Crippen molar-refractivity contribution >= 4 is 35.0 Å². The van der Waals surface area contributed by atoms with Gasteiger partial charge in [-0.15, -0.1) is 10.2 Å². The number of nitrogens with one attached hydrogen (secondary N) is 1. The fourth-order valence-corrected chi connectivity index (χ4v) is 6.59. The molecule has 2 amide bonds. The number of nitrogens with zero attached hydrogens (tertiary/aromatic N) is 6. The molecule has 2 fully saturated rings. The van der Waals surface area contributed by atoms with Gasteiger partial charge in [0.15, 0.2) is 5.82 Å². The summed E-state index contributed by atoms with van der Waals surface area (Å²) in [6, 6.07) is 21.9. The lowest BCUT2D eigenvalue weighted by Gasteiger charge is -2.44. The van der Waals surface area contributed by atoms with Crippen LogP contribution in [0.25, 0.3) is 11.3 Å². The lowest BCUT2D eigenvalue weighted by atomic mass is 10.0. The number of carbonyl (C=O) groups excluding carboxylic acids is 1. The van der Waals surface area contributed by atoms with E-state index in [1.165, 1.54) is 31.4 Å². The van der Waals surface area contributed by atoms with Crippen LogP contribution in [-0.4, -0.2) is 60.4 Å². The monoisotopic (exact) mass is 647 g/mol. The number of anilines is 2. The first-order valence-corrected chi connectivity index (χ1v) is 15.1. The maximum atomic E-state index is 15.3. The molecule has 4 aromatic rings. The van der Waals surface area contributed by atoms with Crippen LogP contribution < -0.4 is 19.9 Å². The third kappa shape index (κ3) is 5.52. The molecule has 0 radical (unpaired) electrons. The van der Waals surface area contributed by atoms with Crippen molar-refractivity contribution in [3.63, 3.8) is 0 Å². The second kappa shape index (κ2) is 12.4. The number of aryl methyl sites for hydroxylation is 1. The first-order valence-electron chi connectivity index (χ1n) is 14.2. The number of hydrogen-bond donors (Lipinski definition) is 1. The Kier molecular flexibility index (Phi) is 8.37. The number of nitriles is 1. The Morgan fingerprint density at radius 1 is 1.00 bits per heavy atom. The van der Waals surface area contributed by atoms with Gasteiger partial charge in [0.25, 0.3) is 0 Å². The van der Waals surface area contributed by atoms with Crippen LogP contribution >= 0.6 is 11.8 Å². The van der Waals surface area contributed by atoms with Gasteiger partial charge in [0.05, 0.1) is 31.7 Å². The molecule has 6 rings (SSSR count). The Balaban J connectivity index is 1.62. The summed E-state index contributed by atoms with van der Waals surface area (Å²) >= 11 is 0.318. The van der Waals surface area contributed by atoms with Crippen molar-refractivity contribution in [1.82, 2.24) is 20.1 Å². The van der Waals surface area contributed by atoms with E-state index in [0.717, 1.165) is 10.5 Å². The molecule has 1 atom stereocenters.